The van der Waals surface area contributed by atoms with E-state index >= 15 is 4.39 Å². The number of benzene rings is 1. The lowest BCUT2D eigenvalue weighted by molar-refractivity contribution is 0.630. The first-order chi connectivity index (χ1) is 14.7. The van der Waals surface area contributed by atoms with E-state index in [-0.39, 0.29) is 5.69 Å². The van der Waals surface area contributed by atoms with Gasteiger partial charge in [-0.1, -0.05) is 37.5 Å². The highest BCUT2D eigenvalue weighted by atomic mass is 19.1. The van der Waals surface area contributed by atoms with Crippen LogP contribution in [0.2, 0.25) is 0 Å². The molecule has 0 amide bonds. The maximum absolute atomic E-state index is 15.1. The molecule has 5 nitrogen and oxygen atoms in total. The van der Waals surface area contributed by atoms with Gasteiger partial charge in [-0.25, -0.2) is 9.37 Å². The lowest BCUT2D eigenvalue weighted by atomic mass is 9.95. The number of nitrogens with two attached hydrogens (primary N) is 3. The Morgan fingerprint density at radius 3 is 2.58 bits per heavy atom. The smallest absolute Gasteiger partial charge is 0.154 e. The van der Waals surface area contributed by atoms with E-state index in [4.69, 9.17) is 17.2 Å². The van der Waals surface area contributed by atoms with Gasteiger partial charge in [0.2, 0.25) is 0 Å². The Bertz CT molecular complexity index is 1080. The second-order valence-electron chi connectivity index (χ2n) is 7.47. The number of anilines is 2. The summed E-state index contributed by atoms with van der Waals surface area (Å²) in [6, 6.07) is 3.57. The van der Waals surface area contributed by atoms with Gasteiger partial charge < -0.3 is 22.5 Å². The van der Waals surface area contributed by atoms with Crippen molar-refractivity contribution in [2.24, 2.45) is 11.5 Å². The molecule has 164 valence electrons. The molecule has 2 aromatic rings. The van der Waals surface area contributed by atoms with Crippen molar-refractivity contribution in [3.8, 4) is 0 Å². The molecular formula is C25H32FN5. The predicted molar refractivity (Wildman–Crippen MR) is 132 cm³/mol. The van der Waals surface area contributed by atoms with E-state index in [0.29, 0.717) is 34.6 Å². The van der Waals surface area contributed by atoms with Gasteiger partial charge in [-0.15, -0.1) is 0 Å². The summed E-state index contributed by atoms with van der Waals surface area (Å²) in [5.41, 5.74) is 21.8. The van der Waals surface area contributed by atoms with Crippen LogP contribution in [0, 0.1) is 5.82 Å². The molecule has 0 bridgehead atoms. The van der Waals surface area contributed by atoms with Crippen molar-refractivity contribution >= 4 is 27.9 Å². The van der Waals surface area contributed by atoms with Crippen LogP contribution in [0.5, 0.6) is 0 Å². The molecule has 0 saturated heterocycles. The Kier molecular flexibility index (Phi) is 8.16. The van der Waals surface area contributed by atoms with Gasteiger partial charge in [0.1, 0.15) is 5.82 Å². The number of halogens is 1. The van der Waals surface area contributed by atoms with E-state index in [2.05, 4.69) is 30.0 Å². The Morgan fingerprint density at radius 2 is 1.97 bits per heavy atom. The van der Waals surface area contributed by atoms with Gasteiger partial charge in [0.15, 0.2) is 5.82 Å². The van der Waals surface area contributed by atoms with E-state index in [9.17, 15) is 0 Å². The molecule has 0 fully saturated rings. The van der Waals surface area contributed by atoms with Gasteiger partial charge >= 0.3 is 0 Å². The maximum Gasteiger partial charge on any atom is 0.154 e. The average Bonchev–Trinajstić information content (AvgIpc) is 2.76. The maximum atomic E-state index is 15.1. The minimum absolute atomic E-state index is 0.0388. The van der Waals surface area contributed by atoms with Crippen LogP contribution in [0.3, 0.4) is 0 Å². The standard InChI is InChI=1S/C25H32FN5/c1-6-19(17(5)22(28)7-2)20-11-18-12-23(30-14-21(18)25(29)24(20)26)31-16(4)10-8-9-15(3)13-27/h6-7,11-12,14H,1,3-4,8-10,13,27-29H2,2,5H3,(H,30,31)/b19-17+,22-7+. The zero-order valence-electron chi connectivity index (χ0n) is 18.4. The summed E-state index contributed by atoms with van der Waals surface area (Å²) in [6.07, 6.45) is 7.44. The van der Waals surface area contributed by atoms with Crippen LogP contribution in [0.15, 0.2) is 72.8 Å². The fourth-order valence-corrected chi connectivity index (χ4v) is 3.30. The molecule has 0 radical (unpaired) electrons. The first kappa shape index (κ1) is 23.9. The largest absolute Gasteiger partial charge is 0.399 e. The fourth-order valence-electron chi connectivity index (χ4n) is 3.30. The zero-order chi connectivity index (χ0) is 23.1. The number of hydrogen-bond acceptors (Lipinski definition) is 5. The van der Waals surface area contributed by atoms with Gasteiger partial charge in [0.25, 0.3) is 0 Å². The highest BCUT2D eigenvalue weighted by molar-refractivity contribution is 5.98. The van der Waals surface area contributed by atoms with Crippen molar-refractivity contribution in [3.05, 3.63) is 84.1 Å². The lowest BCUT2D eigenvalue weighted by Gasteiger charge is -2.15. The van der Waals surface area contributed by atoms with Gasteiger partial charge in [0, 0.05) is 35.1 Å². The summed E-state index contributed by atoms with van der Waals surface area (Å²) >= 11 is 0. The highest BCUT2D eigenvalue weighted by Gasteiger charge is 2.16. The number of aromatic nitrogens is 1. The number of pyridine rings is 1. The van der Waals surface area contributed by atoms with E-state index in [1.54, 1.807) is 24.4 Å². The lowest BCUT2D eigenvalue weighted by Crippen LogP contribution is -2.05. The summed E-state index contributed by atoms with van der Waals surface area (Å²) in [4.78, 5) is 4.36. The SMILES string of the molecule is C=C/C(=C(C)\C(N)=C/C)c1cc2cc(NC(=C)CCCC(=C)CN)ncc2c(N)c1F. The first-order valence-corrected chi connectivity index (χ1v) is 10.2. The Balaban J connectivity index is 2.40. The van der Waals surface area contributed by atoms with E-state index in [0.717, 1.165) is 41.5 Å². The van der Waals surface area contributed by atoms with Gasteiger partial charge in [0.05, 0.1) is 5.69 Å². The third kappa shape index (κ3) is 5.61. The molecule has 0 saturated carbocycles. The van der Waals surface area contributed by atoms with Crippen molar-refractivity contribution in [2.75, 3.05) is 17.6 Å². The summed E-state index contributed by atoms with van der Waals surface area (Å²) in [5, 5.41) is 4.50. The van der Waals surface area contributed by atoms with E-state index in [1.807, 2.05) is 19.9 Å². The number of rotatable bonds is 10. The topological polar surface area (TPSA) is 103 Å². The number of nitrogens with zero attached hydrogens (tertiary/aromatic N) is 1. The molecule has 0 atom stereocenters. The molecule has 1 aromatic carbocycles. The van der Waals surface area contributed by atoms with Crippen molar-refractivity contribution < 1.29 is 4.39 Å². The summed E-state index contributed by atoms with van der Waals surface area (Å²) in [5.74, 6) is 0.0960. The molecule has 0 spiro atoms. The minimum Gasteiger partial charge on any atom is -0.399 e. The van der Waals surface area contributed by atoms with Crippen LogP contribution in [-0.4, -0.2) is 11.5 Å². The zero-order valence-corrected chi connectivity index (χ0v) is 18.4. The monoisotopic (exact) mass is 421 g/mol. The van der Waals surface area contributed by atoms with Crippen molar-refractivity contribution in [3.63, 3.8) is 0 Å². The fraction of sp³-hybridized carbons (Fsp3) is 0.240. The Morgan fingerprint density at radius 1 is 1.26 bits per heavy atom. The molecule has 0 aliphatic carbocycles. The second kappa shape index (κ2) is 10.6. The van der Waals surface area contributed by atoms with Gasteiger partial charge in [-0.3, -0.25) is 0 Å². The van der Waals surface area contributed by atoms with Gasteiger partial charge in [-0.2, -0.15) is 0 Å². The van der Waals surface area contributed by atoms with Crippen molar-refractivity contribution in [2.45, 2.75) is 33.1 Å². The third-order valence-electron chi connectivity index (χ3n) is 5.24. The van der Waals surface area contributed by atoms with E-state index < -0.39 is 5.82 Å². The number of hydrogen-bond donors (Lipinski definition) is 4. The number of nitrogens with one attached hydrogen (secondary N) is 1. The molecule has 1 aromatic heterocycles. The van der Waals surface area contributed by atoms with Crippen molar-refractivity contribution in [1.82, 2.24) is 4.98 Å². The van der Waals surface area contributed by atoms with Crippen LogP contribution >= 0.6 is 0 Å². The second-order valence-corrected chi connectivity index (χ2v) is 7.47. The minimum atomic E-state index is -0.516. The number of nitrogen functional groups attached to an aromatic ring is 1. The quantitative estimate of drug-likeness (QED) is 0.234. The number of allylic oxidation sites excluding steroid dienone is 5. The molecule has 7 N–H and O–H groups in total. The predicted octanol–water partition coefficient (Wildman–Crippen LogP) is 5.39. The highest BCUT2D eigenvalue weighted by Crippen LogP contribution is 2.34. The van der Waals surface area contributed by atoms with Crippen LogP contribution in [-0.2, 0) is 0 Å². The van der Waals surface area contributed by atoms with Crippen molar-refractivity contribution in [1.29, 1.82) is 0 Å². The Labute approximate surface area is 183 Å². The summed E-state index contributed by atoms with van der Waals surface area (Å²) in [7, 11) is 0. The number of fused-ring (bicyclic) bond motifs is 1. The normalized spacial score (nSPS) is 12.5. The Hall–Kier alpha value is -3.38. The van der Waals surface area contributed by atoms with Crippen LogP contribution in [0.4, 0.5) is 15.9 Å². The summed E-state index contributed by atoms with van der Waals surface area (Å²) < 4.78 is 15.1. The van der Waals surface area contributed by atoms with E-state index in [1.165, 1.54) is 0 Å². The van der Waals surface area contributed by atoms with Crippen LogP contribution in [0.25, 0.3) is 16.3 Å². The molecule has 1 heterocycles. The van der Waals surface area contributed by atoms with Gasteiger partial charge in [-0.05, 0) is 61.8 Å². The molecule has 0 aliphatic rings. The molecule has 0 unspecified atom stereocenters. The molecule has 6 heteroatoms. The van der Waals surface area contributed by atoms with Crippen LogP contribution in [0.1, 0.15) is 38.7 Å². The molecule has 31 heavy (non-hydrogen) atoms. The molecular weight excluding hydrogens is 389 g/mol. The first-order valence-electron chi connectivity index (χ1n) is 10.2. The summed E-state index contributed by atoms with van der Waals surface area (Å²) in [6.45, 7) is 15.9. The van der Waals surface area contributed by atoms with Crippen LogP contribution < -0.4 is 22.5 Å². The molecule has 0 aliphatic heterocycles. The third-order valence-corrected chi connectivity index (χ3v) is 5.24. The molecule has 2 rings (SSSR count). The average molecular weight is 422 g/mol.